The molecule has 2 fully saturated rings. The van der Waals surface area contributed by atoms with E-state index in [1.807, 2.05) is 24.3 Å². The number of alkyl halides is 3. The van der Waals surface area contributed by atoms with Crippen LogP contribution in [0.3, 0.4) is 0 Å². The molecule has 4 rings (SSSR count). The summed E-state index contributed by atoms with van der Waals surface area (Å²) in [6, 6.07) is 8.89. The molecule has 0 amide bonds. The number of benzene rings is 1. The van der Waals surface area contributed by atoms with Crippen molar-refractivity contribution >= 4 is 5.69 Å². The average molecular weight is 321 g/mol. The lowest BCUT2D eigenvalue weighted by molar-refractivity contribution is -0.141. The van der Waals surface area contributed by atoms with Gasteiger partial charge in [-0.1, -0.05) is 0 Å². The Bertz CT molecular complexity index is 693. The second-order valence-electron chi connectivity index (χ2n) is 6.35. The molecular formula is C17H18F3N3. The van der Waals surface area contributed by atoms with Crippen LogP contribution < -0.4 is 4.90 Å². The fourth-order valence-electron chi connectivity index (χ4n) is 3.19. The largest absolute Gasteiger partial charge is 0.435 e. The highest BCUT2D eigenvalue weighted by Crippen LogP contribution is 2.43. The topological polar surface area (TPSA) is 21.1 Å². The smallest absolute Gasteiger partial charge is 0.372 e. The third kappa shape index (κ3) is 2.82. The van der Waals surface area contributed by atoms with Crippen molar-refractivity contribution in [2.45, 2.75) is 37.8 Å². The van der Waals surface area contributed by atoms with Crippen molar-refractivity contribution in [3.05, 3.63) is 41.7 Å². The molecule has 0 unspecified atom stereocenters. The molecule has 3 nitrogen and oxygen atoms in total. The number of nitrogens with zero attached hydrogens (tertiary/aromatic N) is 3. The van der Waals surface area contributed by atoms with Gasteiger partial charge >= 0.3 is 6.18 Å². The lowest BCUT2D eigenvalue weighted by Gasteiger charge is -2.18. The van der Waals surface area contributed by atoms with E-state index in [1.165, 1.54) is 23.6 Å². The fourth-order valence-corrected chi connectivity index (χ4v) is 3.19. The van der Waals surface area contributed by atoms with E-state index in [-0.39, 0.29) is 5.92 Å². The molecule has 1 aliphatic heterocycles. The van der Waals surface area contributed by atoms with Gasteiger partial charge in [0.1, 0.15) is 0 Å². The summed E-state index contributed by atoms with van der Waals surface area (Å²) in [5.41, 5.74) is 1.70. The van der Waals surface area contributed by atoms with Gasteiger partial charge < -0.3 is 4.90 Å². The lowest BCUT2D eigenvalue weighted by atomic mass is 10.2. The van der Waals surface area contributed by atoms with E-state index in [1.54, 1.807) is 0 Å². The number of anilines is 1. The number of hydrogen-bond donors (Lipinski definition) is 0. The molecule has 23 heavy (non-hydrogen) atoms. The quantitative estimate of drug-likeness (QED) is 0.837. The SMILES string of the molecule is FC(F)(F)c1cc(C2CC2)n(-c2ccc(N3CCCC3)cc2)n1. The number of halogens is 3. The fraction of sp³-hybridized carbons (Fsp3) is 0.471. The molecule has 1 saturated heterocycles. The molecular weight excluding hydrogens is 303 g/mol. The van der Waals surface area contributed by atoms with Gasteiger partial charge in [0.05, 0.1) is 5.69 Å². The van der Waals surface area contributed by atoms with Crippen LogP contribution in [0.15, 0.2) is 30.3 Å². The van der Waals surface area contributed by atoms with Gasteiger partial charge in [0.25, 0.3) is 0 Å². The predicted molar refractivity (Wildman–Crippen MR) is 82.0 cm³/mol. The van der Waals surface area contributed by atoms with Crippen LogP contribution in [0.2, 0.25) is 0 Å². The maximum atomic E-state index is 13.0. The first-order valence-corrected chi connectivity index (χ1v) is 8.05. The van der Waals surface area contributed by atoms with Gasteiger partial charge in [-0.2, -0.15) is 18.3 Å². The van der Waals surface area contributed by atoms with Crippen LogP contribution in [0.4, 0.5) is 18.9 Å². The molecule has 1 saturated carbocycles. The summed E-state index contributed by atoms with van der Waals surface area (Å²) < 4.78 is 40.4. The Morgan fingerprint density at radius 2 is 1.57 bits per heavy atom. The van der Waals surface area contributed by atoms with Crippen molar-refractivity contribution < 1.29 is 13.2 Å². The Morgan fingerprint density at radius 1 is 0.957 bits per heavy atom. The van der Waals surface area contributed by atoms with E-state index < -0.39 is 11.9 Å². The van der Waals surface area contributed by atoms with E-state index >= 15 is 0 Å². The van der Waals surface area contributed by atoms with Gasteiger partial charge in [-0.15, -0.1) is 0 Å². The van der Waals surface area contributed by atoms with E-state index in [0.29, 0.717) is 11.4 Å². The lowest BCUT2D eigenvalue weighted by Crippen LogP contribution is -2.17. The van der Waals surface area contributed by atoms with Crippen molar-refractivity contribution in [2.75, 3.05) is 18.0 Å². The zero-order valence-corrected chi connectivity index (χ0v) is 12.7. The van der Waals surface area contributed by atoms with E-state index in [2.05, 4.69) is 10.00 Å². The predicted octanol–water partition coefficient (Wildman–Crippen LogP) is 4.37. The van der Waals surface area contributed by atoms with Gasteiger partial charge in [0.2, 0.25) is 0 Å². The monoisotopic (exact) mass is 321 g/mol. The van der Waals surface area contributed by atoms with Crippen LogP contribution in [0.25, 0.3) is 5.69 Å². The zero-order chi connectivity index (χ0) is 16.0. The molecule has 122 valence electrons. The summed E-state index contributed by atoms with van der Waals surface area (Å²) in [5, 5.41) is 3.82. The van der Waals surface area contributed by atoms with Crippen molar-refractivity contribution in [3.63, 3.8) is 0 Å². The van der Waals surface area contributed by atoms with Crippen LogP contribution in [-0.4, -0.2) is 22.9 Å². The van der Waals surface area contributed by atoms with Gasteiger partial charge in [-0.25, -0.2) is 4.68 Å². The first-order chi connectivity index (χ1) is 11.0. The average Bonchev–Trinajstić information content (AvgIpc) is 3.04. The van der Waals surface area contributed by atoms with Crippen molar-refractivity contribution in [2.24, 2.45) is 0 Å². The molecule has 2 aromatic rings. The normalized spacial score (nSPS) is 18.7. The summed E-state index contributed by atoms with van der Waals surface area (Å²) in [5.74, 6) is 0.205. The minimum Gasteiger partial charge on any atom is -0.372 e. The maximum absolute atomic E-state index is 13.0. The van der Waals surface area contributed by atoms with E-state index in [9.17, 15) is 13.2 Å². The Labute approximate surface area is 132 Å². The Morgan fingerprint density at radius 3 is 2.13 bits per heavy atom. The summed E-state index contributed by atoms with van der Waals surface area (Å²) in [6.45, 7) is 2.10. The van der Waals surface area contributed by atoms with E-state index in [0.717, 1.165) is 31.6 Å². The van der Waals surface area contributed by atoms with Gasteiger partial charge in [0, 0.05) is 30.4 Å². The van der Waals surface area contributed by atoms with Gasteiger partial charge in [-0.3, -0.25) is 0 Å². The second kappa shape index (κ2) is 5.28. The van der Waals surface area contributed by atoms with Crippen LogP contribution in [-0.2, 0) is 6.18 Å². The molecule has 2 heterocycles. The standard InChI is InChI=1S/C17H18F3N3/c18-17(19,20)16-11-15(12-3-4-12)23(21-16)14-7-5-13(6-8-14)22-9-1-2-10-22/h5-8,11-12H,1-4,9-10H2. The summed E-state index contributed by atoms with van der Waals surface area (Å²) in [4.78, 5) is 2.30. The first kappa shape index (κ1) is 14.6. The molecule has 1 aromatic carbocycles. The minimum atomic E-state index is -4.40. The summed E-state index contributed by atoms with van der Waals surface area (Å²) >= 11 is 0. The highest BCUT2D eigenvalue weighted by Gasteiger charge is 2.38. The molecule has 0 N–H and O–H groups in total. The molecule has 0 radical (unpaired) electrons. The highest BCUT2D eigenvalue weighted by molar-refractivity contribution is 5.52. The molecule has 0 spiro atoms. The third-order valence-corrected chi connectivity index (χ3v) is 4.59. The van der Waals surface area contributed by atoms with Gasteiger partial charge in [0.15, 0.2) is 5.69 Å². The number of rotatable bonds is 3. The molecule has 0 bridgehead atoms. The molecule has 2 aliphatic rings. The third-order valence-electron chi connectivity index (χ3n) is 4.59. The van der Waals surface area contributed by atoms with Crippen molar-refractivity contribution in [1.29, 1.82) is 0 Å². The van der Waals surface area contributed by atoms with Gasteiger partial charge in [-0.05, 0) is 56.0 Å². The van der Waals surface area contributed by atoms with Crippen LogP contribution in [0.5, 0.6) is 0 Å². The number of aromatic nitrogens is 2. The molecule has 0 atom stereocenters. The minimum absolute atomic E-state index is 0.205. The van der Waals surface area contributed by atoms with E-state index in [4.69, 9.17) is 0 Å². The maximum Gasteiger partial charge on any atom is 0.435 e. The Balaban J connectivity index is 1.67. The molecule has 1 aromatic heterocycles. The van der Waals surface area contributed by atoms with Crippen LogP contribution >= 0.6 is 0 Å². The molecule has 1 aliphatic carbocycles. The Hall–Kier alpha value is -1.98. The van der Waals surface area contributed by atoms with Crippen LogP contribution in [0.1, 0.15) is 43.0 Å². The van der Waals surface area contributed by atoms with Crippen LogP contribution in [0, 0.1) is 0 Å². The summed E-state index contributed by atoms with van der Waals surface area (Å²) in [6.07, 6.45) is -0.128. The second-order valence-corrected chi connectivity index (χ2v) is 6.35. The molecule has 6 heteroatoms. The van der Waals surface area contributed by atoms with Crippen molar-refractivity contribution in [1.82, 2.24) is 9.78 Å². The van der Waals surface area contributed by atoms with Crippen molar-refractivity contribution in [3.8, 4) is 5.69 Å². The number of hydrogen-bond acceptors (Lipinski definition) is 2. The zero-order valence-electron chi connectivity index (χ0n) is 12.7. The summed E-state index contributed by atoms with van der Waals surface area (Å²) in [7, 11) is 0. The first-order valence-electron chi connectivity index (χ1n) is 8.05. The Kier molecular flexibility index (Phi) is 3.36. The highest BCUT2D eigenvalue weighted by atomic mass is 19.4.